The minimum atomic E-state index is -4.45. The lowest BCUT2D eigenvalue weighted by Gasteiger charge is -2.40. The van der Waals surface area contributed by atoms with Gasteiger partial charge in [-0.2, -0.15) is 13.2 Å². The highest BCUT2D eigenvalue weighted by Crippen LogP contribution is 2.34. The van der Waals surface area contributed by atoms with Gasteiger partial charge in [0.25, 0.3) is 0 Å². The van der Waals surface area contributed by atoms with Gasteiger partial charge in [-0.1, -0.05) is 19.1 Å². The molecule has 1 saturated carbocycles. The molecule has 0 bridgehead atoms. The molecule has 3 amide bonds. The standard InChI is InChI=1S/C18H21F3N2O2/c1-12-7-14(8-12)10-22-6-5-16(24)23(17(22)25)11-13-3-2-4-15(9-13)18(19,20)21/h2-4,9,12,14H,5-8,10-11H2,1H3. The second-order valence-corrected chi connectivity index (χ2v) is 7.10. The zero-order valence-corrected chi connectivity index (χ0v) is 14.1. The molecule has 1 aromatic carbocycles. The number of hydrogen-bond donors (Lipinski definition) is 0. The Morgan fingerprint density at radius 2 is 1.92 bits per heavy atom. The molecule has 1 saturated heterocycles. The molecule has 0 aromatic heterocycles. The first-order chi connectivity index (χ1) is 11.7. The van der Waals surface area contributed by atoms with Crippen molar-refractivity contribution in [3.63, 3.8) is 0 Å². The molecule has 7 heteroatoms. The highest BCUT2D eigenvalue weighted by atomic mass is 19.4. The van der Waals surface area contributed by atoms with E-state index in [1.807, 2.05) is 0 Å². The molecular weight excluding hydrogens is 333 g/mol. The van der Waals surface area contributed by atoms with E-state index in [2.05, 4.69) is 6.92 Å². The Morgan fingerprint density at radius 1 is 1.20 bits per heavy atom. The van der Waals surface area contributed by atoms with Crippen molar-refractivity contribution in [1.82, 2.24) is 9.80 Å². The summed E-state index contributed by atoms with van der Waals surface area (Å²) in [7, 11) is 0. The van der Waals surface area contributed by atoms with Crippen LogP contribution in [0.25, 0.3) is 0 Å². The maximum Gasteiger partial charge on any atom is 0.416 e. The molecule has 1 aliphatic heterocycles. The van der Waals surface area contributed by atoms with E-state index in [1.54, 1.807) is 4.90 Å². The van der Waals surface area contributed by atoms with Crippen LogP contribution in [0, 0.1) is 11.8 Å². The normalized spacial score (nSPS) is 24.5. The lowest BCUT2D eigenvalue weighted by Crippen LogP contribution is -2.53. The summed E-state index contributed by atoms with van der Waals surface area (Å²) in [5, 5.41) is 0. The van der Waals surface area contributed by atoms with Gasteiger partial charge in [0.2, 0.25) is 5.91 Å². The lowest BCUT2D eigenvalue weighted by atomic mass is 9.76. The summed E-state index contributed by atoms with van der Waals surface area (Å²) in [6.07, 6.45) is -2.08. The van der Waals surface area contributed by atoms with Gasteiger partial charge in [0, 0.05) is 19.5 Å². The Kier molecular flexibility index (Phi) is 4.75. The van der Waals surface area contributed by atoms with Gasteiger partial charge < -0.3 is 4.90 Å². The highest BCUT2D eigenvalue weighted by Gasteiger charge is 2.36. The Morgan fingerprint density at radius 3 is 2.56 bits per heavy atom. The molecule has 0 radical (unpaired) electrons. The summed E-state index contributed by atoms with van der Waals surface area (Å²) in [4.78, 5) is 27.4. The average Bonchev–Trinajstić information content (AvgIpc) is 2.52. The highest BCUT2D eigenvalue weighted by molar-refractivity contribution is 5.96. The summed E-state index contributed by atoms with van der Waals surface area (Å²) in [6, 6.07) is 4.38. The minimum absolute atomic E-state index is 0.126. The molecule has 25 heavy (non-hydrogen) atoms. The van der Waals surface area contributed by atoms with Crippen molar-refractivity contribution in [2.24, 2.45) is 11.8 Å². The smallest absolute Gasteiger partial charge is 0.323 e. The van der Waals surface area contributed by atoms with Gasteiger partial charge in [0.15, 0.2) is 0 Å². The summed E-state index contributed by atoms with van der Waals surface area (Å²) in [6.45, 7) is 3.05. The van der Waals surface area contributed by atoms with E-state index in [1.165, 1.54) is 12.1 Å². The van der Waals surface area contributed by atoms with Crippen molar-refractivity contribution in [1.29, 1.82) is 0 Å². The van der Waals surface area contributed by atoms with E-state index in [9.17, 15) is 22.8 Å². The fourth-order valence-corrected chi connectivity index (χ4v) is 3.62. The van der Waals surface area contributed by atoms with Gasteiger partial charge >= 0.3 is 12.2 Å². The largest absolute Gasteiger partial charge is 0.416 e. The molecule has 0 atom stereocenters. The molecule has 4 nitrogen and oxygen atoms in total. The van der Waals surface area contributed by atoms with E-state index in [4.69, 9.17) is 0 Å². The molecule has 0 N–H and O–H groups in total. The fourth-order valence-electron chi connectivity index (χ4n) is 3.62. The lowest BCUT2D eigenvalue weighted by molar-refractivity contribution is -0.137. The molecule has 2 aliphatic rings. The van der Waals surface area contributed by atoms with E-state index in [0.29, 0.717) is 30.5 Å². The summed E-state index contributed by atoms with van der Waals surface area (Å²) < 4.78 is 38.5. The molecule has 0 unspecified atom stereocenters. The second kappa shape index (κ2) is 6.69. The van der Waals surface area contributed by atoms with Crippen LogP contribution in [0.2, 0.25) is 0 Å². The van der Waals surface area contributed by atoms with Crippen LogP contribution in [0.4, 0.5) is 18.0 Å². The third-order valence-corrected chi connectivity index (χ3v) is 4.94. The SMILES string of the molecule is CC1CC(CN2CCC(=O)N(Cc3cccc(C(F)(F)F)c3)C2=O)C1. The van der Waals surface area contributed by atoms with E-state index >= 15 is 0 Å². The molecule has 136 valence electrons. The zero-order chi connectivity index (χ0) is 18.2. The minimum Gasteiger partial charge on any atom is -0.323 e. The first-order valence-electron chi connectivity index (χ1n) is 8.49. The molecule has 1 aromatic rings. The number of imide groups is 1. The van der Waals surface area contributed by atoms with E-state index in [-0.39, 0.29) is 18.9 Å². The fraction of sp³-hybridized carbons (Fsp3) is 0.556. The first kappa shape index (κ1) is 17.8. The first-order valence-corrected chi connectivity index (χ1v) is 8.49. The second-order valence-electron chi connectivity index (χ2n) is 7.10. The number of amides is 3. The van der Waals surface area contributed by atoms with Crippen molar-refractivity contribution in [3.8, 4) is 0 Å². The van der Waals surface area contributed by atoms with Crippen molar-refractivity contribution in [2.75, 3.05) is 13.1 Å². The number of carbonyl (C=O) groups is 2. The number of halogens is 3. The third kappa shape index (κ3) is 3.96. The van der Waals surface area contributed by atoms with Crippen molar-refractivity contribution in [2.45, 2.75) is 38.9 Å². The number of rotatable bonds is 4. The van der Waals surface area contributed by atoms with E-state index in [0.717, 1.165) is 29.9 Å². The van der Waals surface area contributed by atoms with Gasteiger partial charge in [-0.15, -0.1) is 0 Å². The number of carbonyl (C=O) groups excluding carboxylic acids is 2. The van der Waals surface area contributed by atoms with Gasteiger partial charge in [0.1, 0.15) is 0 Å². The number of benzene rings is 1. The van der Waals surface area contributed by atoms with Crippen LogP contribution in [-0.2, 0) is 17.5 Å². The van der Waals surface area contributed by atoms with Crippen LogP contribution in [0.15, 0.2) is 24.3 Å². The van der Waals surface area contributed by atoms with Gasteiger partial charge in [-0.25, -0.2) is 4.79 Å². The van der Waals surface area contributed by atoms with Crippen LogP contribution >= 0.6 is 0 Å². The van der Waals surface area contributed by atoms with E-state index < -0.39 is 17.8 Å². The van der Waals surface area contributed by atoms with Crippen LogP contribution in [-0.4, -0.2) is 34.8 Å². The Balaban J connectivity index is 1.69. The third-order valence-electron chi connectivity index (χ3n) is 4.94. The maximum atomic E-state index is 12.8. The Hall–Kier alpha value is -2.05. The van der Waals surface area contributed by atoms with Gasteiger partial charge in [-0.05, 0) is 42.4 Å². The van der Waals surface area contributed by atoms with Crippen LogP contribution < -0.4 is 0 Å². The van der Waals surface area contributed by atoms with Crippen LogP contribution in [0.3, 0.4) is 0 Å². The topological polar surface area (TPSA) is 40.6 Å². The predicted molar refractivity (Wildman–Crippen MR) is 85.5 cm³/mol. The van der Waals surface area contributed by atoms with Crippen LogP contribution in [0.1, 0.15) is 37.3 Å². The average molecular weight is 354 g/mol. The molecule has 3 rings (SSSR count). The number of hydrogen-bond acceptors (Lipinski definition) is 2. The number of urea groups is 1. The van der Waals surface area contributed by atoms with Gasteiger partial charge in [0.05, 0.1) is 12.1 Å². The molecule has 2 fully saturated rings. The summed E-state index contributed by atoms with van der Waals surface area (Å²) >= 11 is 0. The molecule has 1 aliphatic carbocycles. The van der Waals surface area contributed by atoms with Gasteiger partial charge in [-0.3, -0.25) is 9.69 Å². The van der Waals surface area contributed by atoms with Crippen molar-refractivity contribution >= 4 is 11.9 Å². The quantitative estimate of drug-likeness (QED) is 0.823. The Bertz CT molecular complexity index is 669. The zero-order valence-electron chi connectivity index (χ0n) is 14.1. The van der Waals surface area contributed by atoms with Crippen LogP contribution in [0.5, 0.6) is 0 Å². The number of nitrogens with zero attached hydrogens (tertiary/aromatic N) is 2. The molecular formula is C18H21F3N2O2. The molecule has 1 heterocycles. The number of alkyl halides is 3. The predicted octanol–water partition coefficient (Wildman–Crippen LogP) is 3.91. The van der Waals surface area contributed by atoms with Crippen molar-refractivity contribution in [3.05, 3.63) is 35.4 Å². The Labute approximate surface area is 144 Å². The monoisotopic (exact) mass is 354 g/mol. The van der Waals surface area contributed by atoms with Crippen molar-refractivity contribution < 1.29 is 22.8 Å². The maximum absolute atomic E-state index is 12.8. The summed E-state index contributed by atoms with van der Waals surface area (Å²) in [5.41, 5.74) is -0.474. The molecule has 0 spiro atoms. The summed E-state index contributed by atoms with van der Waals surface area (Å²) in [5.74, 6) is 0.802.